The molecule has 1 aliphatic rings. The maximum atomic E-state index is 12.4. The van der Waals surface area contributed by atoms with Crippen LogP contribution < -0.4 is 5.32 Å². The van der Waals surface area contributed by atoms with Crippen LogP contribution in [-0.4, -0.2) is 42.5 Å². The first-order chi connectivity index (χ1) is 11.3. The lowest BCUT2D eigenvalue weighted by atomic mass is 9.86. The molecular formula is C19H28N2O3. The molecule has 1 N–H and O–H groups in total. The Labute approximate surface area is 144 Å². The summed E-state index contributed by atoms with van der Waals surface area (Å²) in [6, 6.07) is 7.79. The van der Waals surface area contributed by atoms with Crippen molar-refractivity contribution >= 4 is 17.5 Å². The van der Waals surface area contributed by atoms with Gasteiger partial charge in [-0.05, 0) is 29.9 Å². The lowest BCUT2D eigenvalue weighted by Crippen LogP contribution is -2.41. The Kier molecular flexibility index (Phi) is 5.99. The van der Waals surface area contributed by atoms with Gasteiger partial charge in [-0.1, -0.05) is 39.0 Å². The zero-order chi connectivity index (χ0) is 17.7. The highest BCUT2D eigenvalue weighted by Gasteiger charge is 2.23. The molecule has 132 valence electrons. The van der Waals surface area contributed by atoms with Gasteiger partial charge in [0.25, 0.3) is 0 Å². The zero-order valence-electron chi connectivity index (χ0n) is 15.1. The molecular weight excluding hydrogens is 304 g/mol. The third-order valence-electron chi connectivity index (χ3n) is 4.24. The Morgan fingerprint density at radius 1 is 1.29 bits per heavy atom. The lowest BCUT2D eigenvalue weighted by molar-refractivity contribution is -0.134. The molecule has 0 aliphatic carbocycles. The van der Waals surface area contributed by atoms with E-state index in [2.05, 4.69) is 26.1 Å². The largest absolute Gasteiger partial charge is 0.376 e. The van der Waals surface area contributed by atoms with Crippen molar-refractivity contribution in [1.82, 2.24) is 4.90 Å². The smallest absolute Gasteiger partial charge is 0.244 e. The summed E-state index contributed by atoms with van der Waals surface area (Å²) in [5.41, 5.74) is 1.81. The van der Waals surface area contributed by atoms with E-state index in [4.69, 9.17) is 4.74 Å². The summed E-state index contributed by atoms with van der Waals surface area (Å²) in [6.07, 6.45) is 2.00. The molecule has 0 aromatic heterocycles. The molecule has 0 radical (unpaired) electrons. The van der Waals surface area contributed by atoms with E-state index in [1.807, 2.05) is 24.3 Å². The topological polar surface area (TPSA) is 58.6 Å². The third-order valence-corrected chi connectivity index (χ3v) is 4.24. The Hall–Kier alpha value is -1.88. The summed E-state index contributed by atoms with van der Waals surface area (Å²) in [5, 5.41) is 2.95. The van der Waals surface area contributed by atoms with Gasteiger partial charge in [0.2, 0.25) is 11.8 Å². The van der Waals surface area contributed by atoms with Crippen LogP contribution in [0.15, 0.2) is 24.3 Å². The summed E-state index contributed by atoms with van der Waals surface area (Å²) in [5.74, 6) is -0.287. The van der Waals surface area contributed by atoms with E-state index in [9.17, 15) is 9.59 Å². The number of nitrogens with zero attached hydrogens (tertiary/aromatic N) is 1. The predicted molar refractivity (Wildman–Crippen MR) is 95.0 cm³/mol. The van der Waals surface area contributed by atoms with Crippen molar-refractivity contribution in [1.29, 1.82) is 0 Å². The standard InChI is InChI=1S/C19H28N2O3/c1-14(22)21(12-15-8-7-11-24-15)13-18(23)20-17-10-6-5-9-16(17)19(2,3)4/h5-6,9-10,15H,7-8,11-13H2,1-4H3,(H,20,23). The van der Waals surface area contributed by atoms with E-state index in [1.165, 1.54) is 6.92 Å². The van der Waals surface area contributed by atoms with Crippen molar-refractivity contribution in [3.8, 4) is 0 Å². The van der Waals surface area contributed by atoms with E-state index in [0.29, 0.717) is 6.54 Å². The average Bonchev–Trinajstić information content (AvgIpc) is 2.99. The van der Waals surface area contributed by atoms with E-state index in [0.717, 1.165) is 30.7 Å². The van der Waals surface area contributed by atoms with Crippen molar-refractivity contribution in [2.75, 3.05) is 25.0 Å². The summed E-state index contributed by atoms with van der Waals surface area (Å²) in [6.45, 7) is 9.08. The molecule has 1 saturated heterocycles. The van der Waals surface area contributed by atoms with Crippen molar-refractivity contribution in [3.63, 3.8) is 0 Å². The molecule has 5 nitrogen and oxygen atoms in total. The van der Waals surface area contributed by atoms with E-state index >= 15 is 0 Å². The van der Waals surface area contributed by atoms with Crippen molar-refractivity contribution in [2.45, 2.75) is 52.1 Å². The maximum absolute atomic E-state index is 12.4. The minimum atomic E-state index is -0.181. The van der Waals surface area contributed by atoms with Gasteiger partial charge in [0, 0.05) is 25.8 Å². The quantitative estimate of drug-likeness (QED) is 0.902. The summed E-state index contributed by atoms with van der Waals surface area (Å²) < 4.78 is 5.57. The fraction of sp³-hybridized carbons (Fsp3) is 0.579. The summed E-state index contributed by atoms with van der Waals surface area (Å²) in [4.78, 5) is 25.8. The molecule has 1 heterocycles. The lowest BCUT2D eigenvalue weighted by Gasteiger charge is -2.25. The molecule has 2 rings (SSSR count). The van der Waals surface area contributed by atoms with Crippen LogP contribution >= 0.6 is 0 Å². The highest BCUT2D eigenvalue weighted by molar-refractivity contribution is 5.95. The Morgan fingerprint density at radius 2 is 2.00 bits per heavy atom. The predicted octanol–water partition coefficient (Wildman–Crippen LogP) is 2.95. The molecule has 1 fully saturated rings. The average molecular weight is 332 g/mol. The number of rotatable bonds is 5. The van der Waals surface area contributed by atoms with Gasteiger partial charge in [-0.25, -0.2) is 0 Å². The van der Waals surface area contributed by atoms with E-state index in [-0.39, 0.29) is 29.9 Å². The number of ether oxygens (including phenoxy) is 1. The second-order valence-electron chi connectivity index (χ2n) is 7.38. The minimum absolute atomic E-state index is 0.0450. The Morgan fingerprint density at radius 3 is 2.58 bits per heavy atom. The second kappa shape index (κ2) is 7.79. The monoisotopic (exact) mass is 332 g/mol. The minimum Gasteiger partial charge on any atom is -0.376 e. The Balaban J connectivity index is 2.02. The summed E-state index contributed by atoms with van der Waals surface area (Å²) in [7, 11) is 0. The number of carbonyl (C=O) groups excluding carboxylic acids is 2. The zero-order valence-corrected chi connectivity index (χ0v) is 15.1. The molecule has 5 heteroatoms. The number of benzene rings is 1. The number of para-hydroxylation sites is 1. The van der Waals surface area contributed by atoms with Crippen LogP contribution in [0.2, 0.25) is 0 Å². The maximum Gasteiger partial charge on any atom is 0.244 e. The summed E-state index contributed by atoms with van der Waals surface area (Å²) >= 11 is 0. The van der Waals surface area contributed by atoms with E-state index < -0.39 is 0 Å². The van der Waals surface area contributed by atoms with Crippen LogP contribution in [0.25, 0.3) is 0 Å². The van der Waals surface area contributed by atoms with Gasteiger partial charge in [-0.3, -0.25) is 9.59 Å². The van der Waals surface area contributed by atoms with Gasteiger partial charge >= 0.3 is 0 Å². The van der Waals surface area contributed by atoms with Gasteiger partial charge in [0.15, 0.2) is 0 Å². The van der Waals surface area contributed by atoms with Gasteiger partial charge in [0.1, 0.15) is 0 Å². The molecule has 1 unspecified atom stereocenters. The highest BCUT2D eigenvalue weighted by Crippen LogP contribution is 2.29. The number of anilines is 1. The number of hydrogen-bond donors (Lipinski definition) is 1. The number of carbonyl (C=O) groups is 2. The normalized spacial score (nSPS) is 17.6. The van der Waals surface area contributed by atoms with Crippen LogP contribution in [0, 0.1) is 0 Å². The molecule has 1 aromatic carbocycles. The fourth-order valence-electron chi connectivity index (χ4n) is 2.95. The van der Waals surface area contributed by atoms with Crippen molar-refractivity contribution in [2.24, 2.45) is 0 Å². The van der Waals surface area contributed by atoms with Gasteiger partial charge in [-0.15, -0.1) is 0 Å². The highest BCUT2D eigenvalue weighted by atomic mass is 16.5. The first kappa shape index (κ1) is 18.5. The van der Waals surface area contributed by atoms with E-state index in [1.54, 1.807) is 4.90 Å². The van der Waals surface area contributed by atoms with Crippen LogP contribution in [0.1, 0.15) is 46.1 Å². The molecule has 2 amide bonds. The van der Waals surface area contributed by atoms with Crippen molar-refractivity contribution in [3.05, 3.63) is 29.8 Å². The van der Waals surface area contributed by atoms with Crippen LogP contribution in [0.5, 0.6) is 0 Å². The third kappa shape index (κ3) is 5.06. The first-order valence-electron chi connectivity index (χ1n) is 8.54. The number of nitrogens with one attached hydrogen (secondary N) is 1. The van der Waals surface area contributed by atoms with Gasteiger partial charge in [-0.2, -0.15) is 0 Å². The molecule has 0 bridgehead atoms. The van der Waals surface area contributed by atoms with Crippen LogP contribution in [0.3, 0.4) is 0 Å². The van der Waals surface area contributed by atoms with Gasteiger partial charge in [0.05, 0.1) is 12.6 Å². The molecule has 0 spiro atoms. The van der Waals surface area contributed by atoms with Crippen LogP contribution in [0.4, 0.5) is 5.69 Å². The second-order valence-corrected chi connectivity index (χ2v) is 7.38. The van der Waals surface area contributed by atoms with Gasteiger partial charge < -0.3 is 15.0 Å². The number of amides is 2. The fourth-order valence-corrected chi connectivity index (χ4v) is 2.95. The molecule has 0 saturated carbocycles. The molecule has 1 atom stereocenters. The van der Waals surface area contributed by atoms with Crippen molar-refractivity contribution < 1.29 is 14.3 Å². The molecule has 1 aromatic rings. The first-order valence-corrected chi connectivity index (χ1v) is 8.54. The molecule has 1 aliphatic heterocycles. The van der Waals surface area contributed by atoms with Crippen LogP contribution in [-0.2, 0) is 19.7 Å². The Bertz CT molecular complexity index is 587. The SMILES string of the molecule is CC(=O)N(CC(=O)Nc1ccccc1C(C)(C)C)CC1CCCO1. The number of hydrogen-bond acceptors (Lipinski definition) is 3. The molecule has 24 heavy (non-hydrogen) atoms.